The van der Waals surface area contributed by atoms with Crippen molar-refractivity contribution in [3.05, 3.63) is 0 Å². The minimum atomic E-state index is -2.97. The second-order valence-corrected chi connectivity index (χ2v) is 3.76. The van der Waals surface area contributed by atoms with Gasteiger partial charge in [0, 0.05) is 24.8 Å². The molecule has 1 heterocycles. The predicted octanol–water partition coefficient (Wildman–Crippen LogP) is -14.4. The Morgan fingerprint density at radius 2 is 1.22 bits per heavy atom. The number of aliphatic hydroxyl groups is 1. The molecule has 0 radical (unpaired) electrons. The molecule has 10 nitrogen and oxygen atoms in total. The number of aliphatic carboxylic acids is 3. The second kappa shape index (κ2) is 14.8. The molecule has 0 aliphatic carbocycles. The molecule has 13 heteroatoms. The van der Waals surface area contributed by atoms with Crippen molar-refractivity contribution in [2.75, 3.05) is 0 Å². The van der Waals surface area contributed by atoms with Gasteiger partial charge in [0.05, 0.1) is 18.8 Å². The maximum absolute atomic E-state index is 10.1. The van der Waals surface area contributed by atoms with E-state index in [2.05, 4.69) is 4.74 Å². The van der Waals surface area contributed by atoms with Crippen molar-refractivity contribution in [3.63, 3.8) is 0 Å². The molecule has 0 atom stereocenters. The standard InChI is InChI=1S/C6H8O7.C4H4O3.3Na/c7-3(8)1-6(13,5(11)12)2-4(9)10;5-3-1-2-4(6)7-3;;;/h13H,1-2H2,(H,7,8)(H,9,10)(H,11,12);1-2H2;;;/q;;3*+1/p-3. The summed E-state index contributed by atoms with van der Waals surface area (Å²) in [4.78, 5) is 50.0. The van der Waals surface area contributed by atoms with Crippen molar-refractivity contribution in [3.8, 4) is 0 Å². The first-order valence-corrected chi connectivity index (χ1v) is 5.14. The molecule has 0 bridgehead atoms. The first kappa shape index (κ1) is 31.3. The molecule has 1 saturated heterocycles. The molecule has 0 aromatic carbocycles. The largest absolute Gasteiger partial charge is 1.00 e. The zero-order chi connectivity index (χ0) is 15.9. The number of esters is 2. The van der Waals surface area contributed by atoms with Crippen molar-refractivity contribution in [1.82, 2.24) is 0 Å². The summed E-state index contributed by atoms with van der Waals surface area (Å²) < 4.78 is 4.08. The molecular formula is C10H9Na3O10. The molecule has 1 aliphatic rings. The van der Waals surface area contributed by atoms with Crippen molar-refractivity contribution in [2.24, 2.45) is 0 Å². The average molecular weight is 358 g/mol. The van der Waals surface area contributed by atoms with Crippen LogP contribution in [0, 0.1) is 0 Å². The Labute approximate surface area is 196 Å². The quantitative estimate of drug-likeness (QED) is 0.281. The van der Waals surface area contributed by atoms with E-state index in [1.165, 1.54) is 0 Å². The number of hydrogen-bond acceptors (Lipinski definition) is 10. The van der Waals surface area contributed by atoms with Gasteiger partial charge < -0.3 is 39.5 Å². The third-order valence-electron chi connectivity index (χ3n) is 2.01. The van der Waals surface area contributed by atoms with Gasteiger partial charge >= 0.3 is 101 Å². The van der Waals surface area contributed by atoms with Gasteiger partial charge in [-0.2, -0.15) is 0 Å². The summed E-state index contributed by atoms with van der Waals surface area (Å²) in [6.45, 7) is 0. The molecule has 23 heavy (non-hydrogen) atoms. The number of carbonyl (C=O) groups is 5. The molecule has 1 N–H and O–H groups in total. The zero-order valence-corrected chi connectivity index (χ0v) is 18.9. The number of ether oxygens (including phenoxy) is 1. The van der Waals surface area contributed by atoms with Crippen molar-refractivity contribution in [2.45, 2.75) is 31.3 Å². The summed E-state index contributed by atoms with van der Waals surface area (Å²) in [5.74, 6) is -6.78. The van der Waals surface area contributed by atoms with Crippen LogP contribution in [-0.2, 0) is 28.7 Å². The second-order valence-electron chi connectivity index (χ2n) is 3.76. The molecule has 1 rings (SSSR count). The van der Waals surface area contributed by atoms with Crippen molar-refractivity contribution >= 4 is 29.8 Å². The molecule has 0 aromatic rings. The normalized spacial score (nSPS) is 12.2. The van der Waals surface area contributed by atoms with Gasteiger partial charge in [-0.3, -0.25) is 9.59 Å². The van der Waals surface area contributed by atoms with Crippen LogP contribution in [0.3, 0.4) is 0 Å². The number of carboxylic acid groups (broad SMARTS) is 3. The van der Waals surface area contributed by atoms with Crippen LogP contribution in [-0.4, -0.2) is 40.6 Å². The van der Waals surface area contributed by atoms with Gasteiger partial charge in [-0.15, -0.1) is 0 Å². The van der Waals surface area contributed by atoms with Crippen LogP contribution in [0.4, 0.5) is 0 Å². The van der Waals surface area contributed by atoms with E-state index >= 15 is 0 Å². The molecule has 0 unspecified atom stereocenters. The summed E-state index contributed by atoms with van der Waals surface area (Å²) in [7, 11) is 0. The van der Waals surface area contributed by atoms with Crippen LogP contribution in [0.25, 0.3) is 0 Å². The minimum absolute atomic E-state index is 0. The van der Waals surface area contributed by atoms with Crippen LogP contribution in [0.1, 0.15) is 25.7 Å². The predicted molar refractivity (Wildman–Crippen MR) is 49.5 cm³/mol. The van der Waals surface area contributed by atoms with E-state index in [4.69, 9.17) is 5.11 Å². The van der Waals surface area contributed by atoms with Crippen LogP contribution in [0.5, 0.6) is 0 Å². The van der Waals surface area contributed by atoms with E-state index in [0.717, 1.165) is 0 Å². The van der Waals surface area contributed by atoms with Gasteiger partial charge in [0.15, 0.2) is 0 Å². The summed E-state index contributed by atoms with van der Waals surface area (Å²) in [6.07, 6.45) is -2.19. The van der Waals surface area contributed by atoms with Gasteiger partial charge in [0.1, 0.15) is 5.60 Å². The Morgan fingerprint density at radius 3 is 1.35 bits per heavy atom. The molecule has 0 spiro atoms. The molecule has 0 amide bonds. The van der Waals surface area contributed by atoms with E-state index in [1.807, 2.05) is 0 Å². The molecular weight excluding hydrogens is 349 g/mol. The maximum atomic E-state index is 10.1. The zero-order valence-electron chi connectivity index (χ0n) is 12.9. The Balaban J connectivity index is -0.000000156. The van der Waals surface area contributed by atoms with Crippen LogP contribution in [0.15, 0.2) is 0 Å². The number of carboxylic acids is 3. The maximum Gasteiger partial charge on any atom is 1.00 e. The van der Waals surface area contributed by atoms with Crippen molar-refractivity contribution < 1.29 is 138 Å². The molecule has 1 aliphatic heterocycles. The minimum Gasteiger partial charge on any atom is -0.550 e. The molecule has 0 aromatic heterocycles. The summed E-state index contributed by atoms with van der Waals surface area (Å²) >= 11 is 0. The fraction of sp³-hybridized carbons (Fsp3) is 0.500. The number of cyclic esters (lactones) is 2. The van der Waals surface area contributed by atoms with Gasteiger partial charge in [0.25, 0.3) is 0 Å². The average Bonchev–Trinajstić information content (AvgIpc) is 2.60. The first-order valence-electron chi connectivity index (χ1n) is 5.14. The fourth-order valence-electron chi connectivity index (χ4n) is 1.12. The smallest absolute Gasteiger partial charge is 0.550 e. The molecule has 0 saturated carbocycles. The summed E-state index contributed by atoms with van der Waals surface area (Å²) in [6, 6.07) is 0. The Morgan fingerprint density at radius 1 is 0.913 bits per heavy atom. The van der Waals surface area contributed by atoms with E-state index in [9.17, 15) is 39.3 Å². The van der Waals surface area contributed by atoms with Gasteiger partial charge in [-0.25, -0.2) is 0 Å². The number of carbonyl (C=O) groups excluding carboxylic acids is 5. The van der Waals surface area contributed by atoms with Gasteiger partial charge in [-0.05, 0) is 0 Å². The SMILES string of the molecule is O=C([O-])CC(O)(CC(=O)[O-])C(=O)[O-].O=C1CCC(=O)O1.[Na+].[Na+].[Na+]. The first-order chi connectivity index (χ1) is 9.06. The number of rotatable bonds is 5. The Kier molecular flexibility index (Phi) is 20.2. The van der Waals surface area contributed by atoms with E-state index in [1.54, 1.807) is 0 Å². The molecule has 1 fully saturated rings. The third-order valence-corrected chi connectivity index (χ3v) is 2.01. The monoisotopic (exact) mass is 358 g/mol. The van der Waals surface area contributed by atoms with E-state index < -0.39 is 48.3 Å². The van der Waals surface area contributed by atoms with E-state index in [0.29, 0.717) is 0 Å². The summed E-state index contributed by atoms with van der Waals surface area (Å²) in [5, 5.41) is 38.9. The fourth-order valence-corrected chi connectivity index (χ4v) is 1.12. The topological polar surface area (TPSA) is 184 Å². The Hall–Kier alpha value is 0.510. The van der Waals surface area contributed by atoms with Gasteiger partial charge in [0.2, 0.25) is 0 Å². The van der Waals surface area contributed by atoms with E-state index in [-0.39, 0.29) is 102 Å². The van der Waals surface area contributed by atoms with Gasteiger partial charge in [-0.1, -0.05) is 0 Å². The molecule has 112 valence electrons. The van der Waals surface area contributed by atoms with Crippen LogP contribution >= 0.6 is 0 Å². The van der Waals surface area contributed by atoms with Crippen molar-refractivity contribution in [1.29, 1.82) is 0 Å². The van der Waals surface area contributed by atoms with Crippen LogP contribution in [0.2, 0.25) is 0 Å². The van der Waals surface area contributed by atoms with Crippen LogP contribution < -0.4 is 104 Å². The number of hydrogen-bond donors (Lipinski definition) is 1. The third kappa shape index (κ3) is 14.6. The Bertz CT molecular complexity index is 420. The summed E-state index contributed by atoms with van der Waals surface area (Å²) in [5.41, 5.74) is -2.97.